The molecule has 2 rings (SSSR count). The van der Waals surface area contributed by atoms with Crippen molar-refractivity contribution in [3.8, 4) is 11.5 Å². The van der Waals surface area contributed by atoms with Gasteiger partial charge >= 0.3 is 0 Å². The number of benzene rings is 2. The van der Waals surface area contributed by atoms with Crippen LogP contribution in [0, 0.1) is 0 Å². The first-order chi connectivity index (χ1) is 11.8. The number of carbonyl (C=O) groups is 2. The van der Waals surface area contributed by atoms with E-state index in [2.05, 4.69) is 0 Å². The van der Waals surface area contributed by atoms with E-state index in [0.29, 0.717) is 11.5 Å². The fraction of sp³-hybridized carbons (Fsp3) is 0.125. The van der Waals surface area contributed by atoms with Gasteiger partial charge in [0.05, 0.1) is 9.79 Å². The first-order valence-electron chi connectivity index (χ1n) is 6.86. The third-order valence-electron chi connectivity index (χ3n) is 2.97. The molecular weight excluding hydrogens is 391 g/mol. The van der Waals surface area contributed by atoms with Crippen molar-refractivity contribution in [3.05, 3.63) is 48.5 Å². The van der Waals surface area contributed by atoms with E-state index in [-0.39, 0.29) is 23.0 Å². The van der Waals surface area contributed by atoms with Crippen molar-refractivity contribution in [2.24, 2.45) is 0 Å². The van der Waals surface area contributed by atoms with Gasteiger partial charge in [0, 0.05) is 0 Å². The summed E-state index contributed by atoms with van der Waals surface area (Å²) in [5.41, 5.74) is 0. The quantitative estimate of drug-likeness (QED) is 0.630. The SMILES string of the molecule is O=C(Cl)COc1ccc(S(=O)(=O)c2ccc(OCC(=O)Cl)cc2)cc1. The van der Waals surface area contributed by atoms with E-state index in [0.717, 1.165) is 0 Å². The van der Waals surface area contributed by atoms with E-state index < -0.39 is 20.3 Å². The van der Waals surface area contributed by atoms with Gasteiger partial charge in [0.25, 0.3) is 10.5 Å². The van der Waals surface area contributed by atoms with Crippen LogP contribution in [-0.2, 0) is 19.4 Å². The molecule has 2 aromatic rings. The maximum atomic E-state index is 12.6. The molecule has 0 heterocycles. The summed E-state index contributed by atoms with van der Waals surface area (Å²) in [7, 11) is -3.73. The average Bonchev–Trinajstić information content (AvgIpc) is 2.59. The van der Waals surface area contributed by atoms with Crippen molar-refractivity contribution in [2.45, 2.75) is 9.79 Å². The van der Waals surface area contributed by atoms with E-state index in [1.165, 1.54) is 48.5 Å². The molecule has 0 saturated carbocycles. The van der Waals surface area contributed by atoms with Gasteiger partial charge < -0.3 is 9.47 Å². The Morgan fingerprint density at radius 2 is 1.04 bits per heavy atom. The van der Waals surface area contributed by atoms with Crippen molar-refractivity contribution in [1.29, 1.82) is 0 Å². The minimum atomic E-state index is -3.73. The Bertz CT molecular complexity index is 793. The minimum absolute atomic E-state index is 0.0571. The van der Waals surface area contributed by atoms with Crippen LogP contribution in [0.5, 0.6) is 11.5 Å². The van der Waals surface area contributed by atoms with Gasteiger partial charge in [-0.1, -0.05) is 0 Å². The van der Waals surface area contributed by atoms with Crippen LogP contribution in [0.15, 0.2) is 58.3 Å². The second-order valence-corrected chi connectivity index (χ2v) is 7.53. The van der Waals surface area contributed by atoms with Crippen molar-refractivity contribution in [2.75, 3.05) is 13.2 Å². The Labute approximate surface area is 154 Å². The van der Waals surface area contributed by atoms with Crippen molar-refractivity contribution < 1.29 is 27.5 Å². The van der Waals surface area contributed by atoms with E-state index in [1.807, 2.05) is 0 Å². The molecule has 132 valence electrons. The van der Waals surface area contributed by atoms with Gasteiger partial charge in [0.2, 0.25) is 9.84 Å². The third-order valence-corrected chi connectivity index (χ3v) is 4.98. The molecule has 2 aromatic carbocycles. The molecule has 0 aromatic heterocycles. The molecule has 0 unspecified atom stereocenters. The molecule has 9 heteroatoms. The van der Waals surface area contributed by atoms with Gasteiger partial charge in [-0.3, -0.25) is 9.59 Å². The predicted octanol–water partition coefficient (Wildman–Crippen LogP) is 2.81. The van der Waals surface area contributed by atoms with Gasteiger partial charge in [0.15, 0.2) is 13.2 Å². The first kappa shape index (κ1) is 19.2. The maximum Gasteiger partial charge on any atom is 0.259 e. The van der Waals surface area contributed by atoms with Crippen LogP contribution in [0.25, 0.3) is 0 Å². The normalized spacial score (nSPS) is 11.0. The van der Waals surface area contributed by atoms with Crippen LogP contribution >= 0.6 is 23.2 Å². The van der Waals surface area contributed by atoms with Crippen LogP contribution in [0.4, 0.5) is 0 Å². The Hall–Kier alpha value is -2.09. The fourth-order valence-corrected chi connectivity index (χ4v) is 3.22. The van der Waals surface area contributed by atoms with Gasteiger partial charge in [-0.25, -0.2) is 8.42 Å². The molecule has 0 aliphatic carbocycles. The predicted molar refractivity (Wildman–Crippen MR) is 91.0 cm³/mol. The standard InChI is InChI=1S/C16H12Cl2O6S/c17-15(19)9-23-11-1-5-13(6-2-11)25(21,22)14-7-3-12(4-8-14)24-10-16(18)20/h1-8H,9-10H2. The van der Waals surface area contributed by atoms with E-state index >= 15 is 0 Å². The smallest absolute Gasteiger partial charge is 0.259 e. The van der Waals surface area contributed by atoms with Crippen molar-refractivity contribution in [3.63, 3.8) is 0 Å². The Morgan fingerprint density at radius 3 is 1.32 bits per heavy atom. The average molecular weight is 403 g/mol. The van der Waals surface area contributed by atoms with Crippen molar-refractivity contribution in [1.82, 2.24) is 0 Å². The molecule has 25 heavy (non-hydrogen) atoms. The molecule has 0 N–H and O–H groups in total. The number of sulfone groups is 1. The lowest BCUT2D eigenvalue weighted by molar-refractivity contribution is -0.114. The molecule has 6 nitrogen and oxygen atoms in total. The van der Waals surface area contributed by atoms with Gasteiger partial charge in [0.1, 0.15) is 11.5 Å². The summed E-state index contributed by atoms with van der Waals surface area (Å²) in [5.74, 6) is 0.643. The van der Waals surface area contributed by atoms with Gasteiger partial charge in [-0.2, -0.15) is 0 Å². The number of carbonyl (C=O) groups excluding carboxylic acids is 2. The lowest BCUT2D eigenvalue weighted by atomic mass is 10.3. The zero-order chi connectivity index (χ0) is 18.4. The lowest BCUT2D eigenvalue weighted by Gasteiger charge is -2.08. The Kier molecular flexibility index (Phi) is 6.41. The molecule has 0 radical (unpaired) electrons. The molecule has 0 amide bonds. The number of hydrogen-bond donors (Lipinski definition) is 0. The minimum Gasteiger partial charge on any atom is -0.484 e. The Morgan fingerprint density at radius 1 is 0.720 bits per heavy atom. The number of halogens is 2. The number of rotatable bonds is 8. The largest absolute Gasteiger partial charge is 0.484 e. The van der Waals surface area contributed by atoms with Crippen LogP contribution in [0.1, 0.15) is 0 Å². The van der Waals surface area contributed by atoms with Gasteiger partial charge in [-0.15, -0.1) is 0 Å². The van der Waals surface area contributed by atoms with Crippen LogP contribution in [0.3, 0.4) is 0 Å². The summed E-state index contributed by atoms with van der Waals surface area (Å²) < 4.78 is 35.3. The van der Waals surface area contributed by atoms with E-state index in [1.54, 1.807) is 0 Å². The molecule has 0 spiro atoms. The van der Waals surface area contributed by atoms with Gasteiger partial charge in [-0.05, 0) is 71.7 Å². The van der Waals surface area contributed by atoms with Crippen molar-refractivity contribution >= 4 is 43.5 Å². The molecule has 0 aliphatic rings. The zero-order valence-corrected chi connectivity index (χ0v) is 15.0. The molecule has 0 saturated heterocycles. The van der Waals surface area contributed by atoms with E-state index in [4.69, 9.17) is 32.7 Å². The Balaban J connectivity index is 2.14. The summed E-state index contributed by atoms with van der Waals surface area (Å²) in [6, 6.07) is 11.2. The fourth-order valence-electron chi connectivity index (χ4n) is 1.85. The third kappa shape index (κ3) is 5.45. The zero-order valence-electron chi connectivity index (χ0n) is 12.6. The highest BCUT2D eigenvalue weighted by molar-refractivity contribution is 7.91. The van der Waals surface area contributed by atoms with Crippen LogP contribution < -0.4 is 9.47 Å². The molecule has 0 fully saturated rings. The number of ether oxygens (including phenoxy) is 2. The monoisotopic (exact) mass is 402 g/mol. The summed E-state index contributed by atoms with van der Waals surface area (Å²) in [6.07, 6.45) is 0. The molecule has 0 aliphatic heterocycles. The van der Waals surface area contributed by atoms with Crippen LogP contribution in [-0.4, -0.2) is 32.1 Å². The lowest BCUT2D eigenvalue weighted by Crippen LogP contribution is -2.06. The summed E-state index contributed by atoms with van der Waals surface area (Å²) in [6.45, 7) is -0.611. The van der Waals surface area contributed by atoms with Crippen LogP contribution in [0.2, 0.25) is 0 Å². The topological polar surface area (TPSA) is 86.7 Å². The first-order valence-corrected chi connectivity index (χ1v) is 9.10. The van der Waals surface area contributed by atoms with E-state index in [9.17, 15) is 18.0 Å². The number of hydrogen-bond acceptors (Lipinski definition) is 6. The highest BCUT2D eigenvalue weighted by atomic mass is 35.5. The summed E-state index contributed by atoms with van der Waals surface area (Å²) in [5, 5.41) is -1.32. The summed E-state index contributed by atoms with van der Waals surface area (Å²) >= 11 is 10.3. The molecule has 0 bridgehead atoms. The second-order valence-electron chi connectivity index (χ2n) is 4.73. The highest BCUT2D eigenvalue weighted by Crippen LogP contribution is 2.25. The summed E-state index contributed by atoms with van der Waals surface area (Å²) in [4.78, 5) is 21.4. The molecular formula is C16H12Cl2O6S. The maximum absolute atomic E-state index is 12.6. The highest BCUT2D eigenvalue weighted by Gasteiger charge is 2.17. The molecule has 0 atom stereocenters. The second kappa shape index (κ2) is 8.33.